The number of aromatic amines is 2. The van der Waals surface area contributed by atoms with Crippen LogP contribution in [0.2, 0.25) is 0 Å². The van der Waals surface area contributed by atoms with E-state index in [-0.39, 0.29) is 24.4 Å². The van der Waals surface area contributed by atoms with Crippen molar-refractivity contribution < 1.29 is 140 Å². The summed E-state index contributed by atoms with van der Waals surface area (Å²) >= 11 is 0. The summed E-state index contributed by atoms with van der Waals surface area (Å²) in [6.07, 6.45) is -3.71. The predicted octanol–water partition coefficient (Wildman–Crippen LogP) is -17.4. The van der Waals surface area contributed by atoms with Gasteiger partial charge < -0.3 is 171 Å². The fourth-order valence-electron chi connectivity index (χ4n) is 11.6. The molecule has 0 saturated heterocycles. The first kappa shape index (κ1) is 116. The predicted molar refractivity (Wildman–Crippen MR) is 464 cm³/mol. The summed E-state index contributed by atoms with van der Waals surface area (Å²) < 4.78 is 0. The van der Waals surface area contributed by atoms with Gasteiger partial charge in [-0.15, -0.1) is 0 Å². The van der Waals surface area contributed by atoms with Gasteiger partial charge in [-0.25, -0.2) is 14.8 Å². The zero-order valence-electron chi connectivity index (χ0n) is 75.0. The molecule has 15 atom stereocenters. The normalized spacial score (nSPS) is 14.1. The van der Waals surface area contributed by atoms with E-state index in [0.717, 1.165) is 6.92 Å². The molecular weight excluding hydrogens is 1810 g/mol. The van der Waals surface area contributed by atoms with E-state index in [1.165, 1.54) is 45.8 Å². The Bertz CT molecular complexity index is 4550. The standard InChI is InChI=1S/C76H121N31O29/c1-33(2)60(107-64(124)36(5)94-57(117)28-90-61(121)34(3)77)74(134)96-35(4)62(122)91-26-56(116)88-24-54(114)87-25-55(115)89-27-58(118)97-48(29-108)73(133)95-37(6)63(123)104-46(20-38-22-84-31-92-38)71(131)102-44(12-17-53(81)113)69(129)101-43(11-16-52(80)112)68(128)100-42(10-15-51(79)111)67(127)99-41(9-14-50(78)110)66(126)98-40(8-7-19-86-76(82)83)65(125)105-47(21-39-23-85-32-93-39)72(132)103-45(13-18-59(119)120)70(130)106-49(30-109)75(135)136/h22-23,31-37,40-49,60,108-109H,7-21,24-30,77H2,1-6H3,(H2,78,110)(H2,79,111)(H2,80,112)(H2,81,113)(H,84,92)(H,85,93)(H,87,114)(H,88,116)(H,89,115)(H,90,121)(H,91,122)(H,94,117)(H,95,133)(H,96,134)(H,97,118)(H,98,126)(H,99,127)(H,100,128)(H,101,129)(H,102,131)(H,103,132)(H,104,123)(H,105,125)(H,106,130)(H,107,124)(H,119,120)(H,135,136)(H4,82,83,86)/t34-,35-,36-,37-,40-,41-,42-,43-,44-,45-,46-,47-,48-,49-,60-/m0/s1. The van der Waals surface area contributed by atoms with Gasteiger partial charge in [0.05, 0.1) is 76.0 Å². The third-order valence-electron chi connectivity index (χ3n) is 19.1. The van der Waals surface area contributed by atoms with Gasteiger partial charge in [0.25, 0.3) is 0 Å². The number of aliphatic hydroxyl groups excluding tert-OH is 2. The van der Waals surface area contributed by atoms with Crippen molar-refractivity contribution >= 4 is 154 Å². The third kappa shape index (κ3) is 46.4. The quantitative estimate of drug-likeness (QED) is 0.0166. The maximum atomic E-state index is 14.5. The van der Waals surface area contributed by atoms with Gasteiger partial charge in [-0.2, -0.15) is 0 Å². The van der Waals surface area contributed by atoms with Crippen molar-refractivity contribution in [2.75, 3.05) is 52.5 Å². The Morgan fingerprint density at radius 3 is 0.985 bits per heavy atom. The lowest BCUT2D eigenvalue weighted by molar-refractivity contribution is -0.144. The number of nitrogens with one attached hydrogen (secondary N) is 23. The minimum absolute atomic E-state index is 0.0774. The van der Waals surface area contributed by atoms with Crippen LogP contribution in [0, 0.1) is 11.3 Å². The molecule has 0 spiro atoms. The number of amides is 23. The van der Waals surface area contributed by atoms with Crippen molar-refractivity contribution in [3.05, 3.63) is 36.4 Å². The molecule has 136 heavy (non-hydrogen) atoms. The number of aliphatic hydroxyl groups is 2. The molecule has 60 heteroatoms. The fourth-order valence-corrected chi connectivity index (χ4v) is 11.6. The molecule has 2 aromatic rings. The van der Waals surface area contributed by atoms with E-state index in [0.29, 0.717) is 0 Å². The molecule has 0 fully saturated rings. The molecule has 0 aliphatic carbocycles. The molecule has 754 valence electrons. The van der Waals surface area contributed by atoms with Crippen LogP contribution in [-0.2, 0) is 133 Å². The number of carboxylic acid groups (broad SMARTS) is 2. The first-order chi connectivity index (χ1) is 63.8. The number of guanidine groups is 1. The van der Waals surface area contributed by atoms with E-state index in [4.69, 9.17) is 39.8 Å². The molecule has 2 rings (SSSR count). The van der Waals surface area contributed by atoms with Crippen molar-refractivity contribution in [2.24, 2.45) is 40.3 Å². The largest absolute Gasteiger partial charge is 0.481 e. The Labute approximate surface area is 774 Å². The van der Waals surface area contributed by atoms with Crippen LogP contribution in [0.5, 0.6) is 0 Å². The molecule has 60 nitrogen and oxygen atoms in total. The maximum absolute atomic E-state index is 14.5. The van der Waals surface area contributed by atoms with Crippen LogP contribution >= 0.6 is 0 Å². The van der Waals surface area contributed by atoms with Crippen molar-refractivity contribution in [3.63, 3.8) is 0 Å². The molecule has 0 aliphatic rings. The highest BCUT2D eigenvalue weighted by atomic mass is 16.4. The molecule has 0 saturated carbocycles. The summed E-state index contributed by atoms with van der Waals surface area (Å²) in [5, 5.41) is 91.6. The summed E-state index contributed by atoms with van der Waals surface area (Å²) in [4.78, 5) is 341. The van der Waals surface area contributed by atoms with E-state index in [1.54, 1.807) is 13.8 Å². The fraction of sp³-hybridized carbons (Fsp3) is 0.579. The maximum Gasteiger partial charge on any atom is 0.328 e. The van der Waals surface area contributed by atoms with Gasteiger partial charge in [-0.3, -0.25) is 120 Å². The van der Waals surface area contributed by atoms with Crippen molar-refractivity contribution in [2.45, 2.75) is 222 Å². The van der Waals surface area contributed by atoms with E-state index in [9.17, 15) is 140 Å². The summed E-state index contributed by atoms with van der Waals surface area (Å²) in [7, 11) is 0. The third-order valence-corrected chi connectivity index (χ3v) is 19.1. The second-order valence-electron chi connectivity index (χ2n) is 30.9. The van der Waals surface area contributed by atoms with Crippen LogP contribution in [0.25, 0.3) is 0 Å². The first-order valence-corrected chi connectivity index (χ1v) is 42.0. The zero-order chi connectivity index (χ0) is 103. The smallest absolute Gasteiger partial charge is 0.328 e. The van der Waals surface area contributed by atoms with Crippen LogP contribution in [0.15, 0.2) is 25.0 Å². The molecule has 0 aromatic carbocycles. The van der Waals surface area contributed by atoms with Crippen molar-refractivity contribution in [1.82, 2.24) is 126 Å². The van der Waals surface area contributed by atoms with E-state index >= 15 is 0 Å². The summed E-state index contributed by atoms with van der Waals surface area (Å²) in [5.41, 5.74) is 32.9. The molecule has 39 N–H and O–H groups in total. The van der Waals surface area contributed by atoms with Crippen LogP contribution in [-0.4, -0.2) is 337 Å². The van der Waals surface area contributed by atoms with Gasteiger partial charge in [0.15, 0.2) is 5.96 Å². The highest BCUT2D eigenvalue weighted by molar-refractivity contribution is 6.02. The monoisotopic (exact) mass is 1930 g/mol. The van der Waals surface area contributed by atoms with Gasteiger partial charge in [0, 0.05) is 63.9 Å². The molecule has 2 heterocycles. The van der Waals surface area contributed by atoms with Gasteiger partial charge in [0.1, 0.15) is 84.6 Å². The number of nitrogens with two attached hydrogens (primary N) is 6. The Balaban J connectivity index is 2.30. The average molecular weight is 1930 g/mol. The Morgan fingerprint density at radius 1 is 0.331 bits per heavy atom. The van der Waals surface area contributed by atoms with Crippen LogP contribution < -0.4 is 141 Å². The number of aromatic nitrogens is 4. The lowest BCUT2D eigenvalue weighted by atomic mass is 10.0. The number of nitrogens with zero attached hydrogens (tertiary/aromatic N) is 2. The molecule has 2 aromatic heterocycles. The highest BCUT2D eigenvalue weighted by Crippen LogP contribution is 2.13. The van der Waals surface area contributed by atoms with E-state index in [1.807, 2.05) is 5.32 Å². The van der Waals surface area contributed by atoms with Crippen molar-refractivity contribution in [3.8, 4) is 0 Å². The topological polar surface area (TPSA) is 986 Å². The Hall–Kier alpha value is -15.7. The first-order valence-electron chi connectivity index (χ1n) is 42.0. The SMILES string of the molecule is CC(C)[C@H](NC(=O)[C@H](C)NC(=O)CNC(=O)[C@H](C)N)C(=O)N[C@@H](C)C(=O)NCC(=O)NCC(=O)NCC(=O)NCC(=O)N[C@@H](CO)C(=O)N[C@@H](C)C(=O)N[C@@H](Cc1c[nH]cn1)C(=O)N[C@@H](CCC(N)=O)C(=O)N[C@@H](CCC(N)=O)C(=O)N[C@@H](CCC(N)=O)C(=O)N[C@@H](CCC(N)=O)C(=O)N[C@@H](CCCNC(=N)N)C(=O)N[C@@H](Cc1c[nH]cn1)C(=O)N[C@@H](CCC(=O)O)C(=O)N[C@@H](CO)C(=O)O. The van der Waals surface area contributed by atoms with Crippen LogP contribution in [0.4, 0.5) is 0 Å². The summed E-state index contributed by atoms with van der Waals surface area (Å²) in [5.74, 6) is -29.0. The number of hydrogen-bond donors (Lipinski definition) is 33. The molecule has 0 bridgehead atoms. The number of H-pyrrole nitrogens is 2. The van der Waals surface area contributed by atoms with E-state index < -0.39 is 380 Å². The Morgan fingerprint density at radius 2 is 0.632 bits per heavy atom. The second kappa shape index (κ2) is 60.4. The number of hydrogen-bond acceptors (Lipinski definition) is 31. The number of carbonyl (C=O) groups is 25. The van der Waals surface area contributed by atoms with Crippen LogP contribution in [0.1, 0.15) is 130 Å². The zero-order valence-corrected chi connectivity index (χ0v) is 75.0. The highest BCUT2D eigenvalue weighted by Gasteiger charge is 2.39. The molecule has 0 radical (unpaired) electrons. The molecule has 0 aliphatic heterocycles. The minimum Gasteiger partial charge on any atom is -0.481 e. The van der Waals surface area contributed by atoms with Gasteiger partial charge in [-0.1, -0.05) is 13.8 Å². The number of carbonyl (C=O) groups excluding carboxylic acids is 23. The van der Waals surface area contributed by atoms with Crippen LogP contribution in [0.3, 0.4) is 0 Å². The van der Waals surface area contributed by atoms with Gasteiger partial charge >= 0.3 is 11.9 Å². The number of imidazole rings is 2. The number of rotatable bonds is 65. The lowest BCUT2D eigenvalue weighted by Gasteiger charge is -2.28. The second-order valence-corrected chi connectivity index (χ2v) is 30.9. The van der Waals surface area contributed by atoms with Crippen molar-refractivity contribution in [1.29, 1.82) is 5.41 Å². The van der Waals surface area contributed by atoms with Gasteiger partial charge in [-0.05, 0) is 78.6 Å². The Kier molecular flexibility index (Phi) is 51.7. The number of carboxylic acids is 2. The van der Waals surface area contributed by atoms with E-state index in [2.05, 4.69) is 121 Å². The minimum atomic E-state index is -1.99. The summed E-state index contributed by atoms with van der Waals surface area (Å²) in [6, 6.07) is -25.0. The molecule has 23 amide bonds. The number of aliphatic carboxylic acids is 2. The lowest BCUT2D eigenvalue weighted by Crippen LogP contribution is -2.61. The average Bonchev–Trinajstić information content (AvgIpc) is 1.15. The number of primary amides is 4. The molecular formula is C76H121N31O29. The molecule has 0 unspecified atom stereocenters. The van der Waals surface area contributed by atoms with Gasteiger partial charge in [0.2, 0.25) is 136 Å². The summed E-state index contributed by atoms with van der Waals surface area (Å²) in [6.45, 7) is 2.20.